The second-order valence-electron chi connectivity index (χ2n) is 7.54. The molecule has 1 saturated heterocycles. The number of alkyl halides is 3. The lowest BCUT2D eigenvalue weighted by Gasteiger charge is -2.34. The first-order valence-electron chi connectivity index (χ1n) is 10.4. The number of amides is 2. The summed E-state index contributed by atoms with van der Waals surface area (Å²) in [6, 6.07) is 10.3. The molecule has 0 spiro atoms. The van der Waals surface area contributed by atoms with Gasteiger partial charge in [-0.15, -0.1) is 5.10 Å². The van der Waals surface area contributed by atoms with Gasteiger partial charge in [0.05, 0.1) is 11.1 Å². The number of rotatable bonds is 5. The second-order valence-corrected chi connectivity index (χ2v) is 8.46. The van der Waals surface area contributed by atoms with E-state index in [0.717, 1.165) is 17.4 Å². The average molecular weight is 509 g/mol. The van der Waals surface area contributed by atoms with E-state index >= 15 is 0 Å². The highest BCUT2D eigenvalue weighted by Crippen LogP contribution is 2.33. The first-order chi connectivity index (χ1) is 16.7. The minimum atomic E-state index is -4.62. The highest BCUT2D eigenvalue weighted by Gasteiger charge is 2.36. The van der Waals surface area contributed by atoms with Crippen molar-refractivity contribution in [3.63, 3.8) is 0 Å². The Bertz CT molecular complexity index is 1190. The molecule has 3 aromatic rings. The molecule has 2 amide bonds. The summed E-state index contributed by atoms with van der Waals surface area (Å²) in [6.45, 7) is 1.17. The number of halogens is 4. The molecule has 2 heterocycles. The summed E-state index contributed by atoms with van der Waals surface area (Å²) >= 11 is 1.02. The van der Waals surface area contributed by atoms with E-state index in [0.29, 0.717) is 23.8 Å². The monoisotopic (exact) mass is 509 g/mol. The van der Waals surface area contributed by atoms with Crippen LogP contribution in [0.3, 0.4) is 0 Å². The normalized spacial score (nSPS) is 14.1. The molecule has 1 aromatic heterocycles. The minimum Gasteiger partial charge on any atom is -0.380 e. The zero-order valence-electron chi connectivity index (χ0n) is 18.1. The van der Waals surface area contributed by atoms with Crippen molar-refractivity contribution >= 4 is 28.5 Å². The Morgan fingerprint density at radius 3 is 2.37 bits per heavy atom. The van der Waals surface area contributed by atoms with E-state index in [9.17, 15) is 27.2 Å². The van der Waals surface area contributed by atoms with Crippen molar-refractivity contribution < 1.29 is 31.9 Å². The van der Waals surface area contributed by atoms with Gasteiger partial charge in [0.1, 0.15) is 5.82 Å². The van der Waals surface area contributed by atoms with Gasteiger partial charge in [0, 0.05) is 32.7 Å². The van der Waals surface area contributed by atoms with E-state index in [1.807, 2.05) is 0 Å². The fourth-order valence-corrected chi connectivity index (χ4v) is 4.20. The standard InChI is InChI=1S/C22H19F4N5O3S/c23-15-7-5-14(6-8-15)13-27-20(33)34-21-29-28-19(35-21)31-11-9-30(10-12-31)18(32)16-3-1-2-4-17(16)22(24,25)26/h1-8H,9-13H2,(H,27,33). The van der Waals surface area contributed by atoms with Gasteiger partial charge in [-0.2, -0.15) is 13.2 Å². The molecule has 0 unspecified atom stereocenters. The van der Waals surface area contributed by atoms with Crippen LogP contribution >= 0.6 is 11.3 Å². The zero-order valence-corrected chi connectivity index (χ0v) is 18.9. The van der Waals surface area contributed by atoms with Crippen LogP contribution in [0.2, 0.25) is 0 Å². The fourth-order valence-electron chi connectivity index (χ4n) is 3.45. The van der Waals surface area contributed by atoms with E-state index in [1.165, 1.54) is 47.4 Å². The van der Waals surface area contributed by atoms with Crippen molar-refractivity contribution in [2.24, 2.45) is 0 Å². The van der Waals surface area contributed by atoms with Gasteiger partial charge in [-0.3, -0.25) is 4.79 Å². The molecule has 1 aliphatic heterocycles. The molecule has 0 aliphatic carbocycles. The number of nitrogens with zero attached hydrogens (tertiary/aromatic N) is 4. The first-order valence-corrected chi connectivity index (χ1v) is 11.3. The van der Waals surface area contributed by atoms with Crippen molar-refractivity contribution in [1.29, 1.82) is 0 Å². The molecule has 2 aromatic carbocycles. The van der Waals surface area contributed by atoms with Crippen LogP contribution in [0.15, 0.2) is 48.5 Å². The maximum Gasteiger partial charge on any atom is 0.417 e. The van der Waals surface area contributed by atoms with Gasteiger partial charge < -0.3 is 19.9 Å². The molecule has 1 N–H and O–H groups in total. The van der Waals surface area contributed by atoms with Crippen molar-refractivity contribution in [2.75, 3.05) is 31.1 Å². The largest absolute Gasteiger partial charge is 0.417 e. The summed E-state index contributed by atoms with van der Waals surface area (Å²) in [6.07, 6.45) is -5.38. The fraction of sp³-hybridized carbons (Fsp3) is 0.273. The van der Waals surface area contributed by atoms with Gasteiger partial charge >= 0.3 is 17.5 Å². The van der Waals surface area contributed by atoms with Crippen LogP contribution in [0, 0.1) is 5.82 Å². The van der Waals surface area contributed by atoms with Crippen molar-refractivity contribution in [2.45, 2.75) is 12.7 Å². The number of ether oxygens (including phenoxy) is 1. The van der Waals surface area contributed by atoms with Crippen molar-refractivity contribution in [3.8, 4) is 5.19 Å². The van der Waals surface area contributed by atoms with Crippen molar-refractivity contribution in [1.82, 2.24) is 20.4 Å². The van der Waals surface area contributed by atoms with Crippen LogP contribution in [0.5, 0.6) is 5.19 Å². The lowest BCUT2D eigenvalue weighted by Crippen LogP contribution is -2.49. The van der Waals surface area contributed by atoms with Crippen molar-refractivity contribution in [3.05, 3.63) is 71.0 Å². The van der Waals surface area contributed by atoms with Crippen LogP contribution in [-0.4, -0.2) is 53.3 Å². The molecule has 0 radical (unpaired) electrons. The number of aromatic nitrogens is 2. The smallest absolute Gasteiger partial charge is 0.380 e. The van der Waals surface area contributed by atoms with Gasteiger partial charge in [-0.1, -0.05) is 29.4 Å². The predicted octanol–water partition coefficient (Wildman–Crippen LogP) is 3.95. The van der Waals surface area contributed by atoms with Gasteiger partial charge in [0.25, 0.3) is 5.91 Å². The third-order valence-electron chi connectivity index (χ3n) is 5.23. The number of benzene rings is 2. The average Bonchev–Trinajstić information content (AvgIpc) is 3.31. The summed E-state index contributed by atoms with van der Waals surface area (Å²) in [5.41, 5.74) is -0.658. The quantitative estimate of drug-likeness (QED) is 0.525. The Balaban J connectivity index is 1.30. The highest BCUT2D eigenvalue weighted by atomic mass is 32.1. The topological polar surface area (TPSA) is 87.7 Å². The molecular weight excluding hydrogens is 490 g/mol. The van der Waals surface area contributed by atoms with Gasteiger partial charge in [0.2, 0.25) is 5.13 Å². The molecule has 13 heteroatoms. The number of piperazine rings is 1. The summed E-state index contributed by atoms with van der Waals surface area (Å²) in [7, 11) is 0. The number of carbonyl (C=O) groups is 2. The van der Waals surface area contributed by atoms with E-state index in [1.54, 1.807) is 4.90 Å². The number of hydrogen-bond acceptors (Lipinski definition) is 7. The highest BCUT2D eigenvalue weighted by molar-refractivity contribution is 7.17. The third-order valence-corrected chi connectivity index (χ3v) is 6.09. The molecule has 8 nitrogen and oxygen atoms in total. The van der Waals surface area contributed by atoms with E-state index in [4.69, 9.17) is 4.74 Å². The van der Waals surface area contributed by atoms with Crippen LogP contribution in [0.1, 0.15) is 21.5 Å². The second kappa shape index (κ2) is 10.3. The summed E-state index contributed by atoms with van der Waals surface area (Å²) in [4.78, 5) is 27.9. The predicted molar refractivity (Wildman–Crippen MR) is 119 cm³/mol. The molecule has 4 rings (SSSR count). The van der Waals surface area contributed by atoms with Crippen LogP contribution in [0.25, 0.3) is 0 Å². The SMILES string of the molecule is O=C(NCc1ccc(F)cc1)Oc1nnc(N2CCN(C(=O)c3ccccc3C(F)(F)F)CC2)s1. The van der Waals surface area contributed by atoms with E-state index in [-0.39, 0.29) is 36.2 Å². The van der Waals surface area contributed by atoms with Crippen LogP contribution in [-0.2, 0) is 12.7 Å². The van der Waals surface area contributed by atoms with E-state index in [2.05, 4.69) is 15.5 Å². The third kappa shape index (κ3) is 6.04. The van der Waals surface area contributed by atoms with Gasteiger partial charge in [-0.25, -0.2) is 9.18 Å². The summed E-state index contributed by atoms with van der Waals surface area (Å²) in [5, 5.41) is 10.8. The van der Waals surface area contributed by atoms with Gasteiger partial charge in [-0.05, 0) is 41.2 Å². The maximum absolute atomic E-state index is 13.3. The molecule has 1 aliphatic rings. The van der Waals surface area contributed by atoms with E-state index < -0.39 is 23.7 Å². The lowest BCUT2D eigenvalue weighted by atomic mass is 10.1. The Hall–Kier alpha value is -3.74. The Morgan fingerprint density at radius 1 is 1.00 bits per heavy atom. The zero-order chi connectivity index (χ0) is 25.0. The number of anilines is 1. The molecule has 0 atom stereocenters. The summed E-state index contributed by atoms with van der Waals surface area (Å²) in [5.74, 6) is -1.06. The first kappa shape index (κ1) is 24.4. The Labute approximate surface area is 201 Å². The molecule has 0 bridgehead atoms. The minimum absolute atomic E-state index is 0.00853. The molecule has 0 saturated carbocycles. The number of nitrogens with one attached hydrogen (secondary N) is 1. The van der Waals surface area contributed by atoms with Gasteiger partial charge in [0.15, 0.2) is 0 Å². The van der Waals surface area contributed by atoms with Crippen LogP contribution in [0.4, 0.5) is 27.5 Å². The lowest BCUT2D eigenvalue weighted by molar-refractivity contribution is -0.138. The van der Waals surface area contributed by atoms with Crippen LogP contribution < -0.4 is 15.0 Å². The maximum atomic E-state index is 13.3. The number of hydrogen-bond donors (Lipinski definition) is 1. The summed E-state index contributed by atoms with van der Waals surface area (Å²) < 4.78 is 57.8. The number of carbonyl (C=O) groups excluding carboxylic acids is 2. The molecule has 35 heavy (non-hydrogen) atoms. The Kier molecular flexibility index (Phi) is 7.15. The Morgan fingerprint density at radius 2 is 1.69 bits per heavy atom. The molecule has 1 fully saturated rings. The molecular formula is C22H19F4N5O3S. The molecule has 184 valence electrons.